The van der Waals surface area contributed by atoms with Crippen LogP contribution in [0.1, 0.15) is 40.3 Å². The largest absolute Gasteiger partial charge is 0.466 e. The Morgan fingerprint density at radius 2 is 2.03 bits per heavy atom. The highest BCUT2D eigenvalue weighted by atomic mass is 16.5. The Kier molecular flexibility index (Phi) is 4.82. The number of amides is 1. The van der Waals surface area contributed by atoms with E-state index in [1.807, 2.05) is 31.7 Å². The summed E-state index contributed by atoms with van der Waals surface area (Å²) in [5.41, 5.74) is 1.13. The van der Waals surface area contributed by atoms with Crippen LogP contribution in [0.4, 0.5) is 5.82 Å². The van der Waals surface area contributed by atoms with Crippen molar-refractivity contribution in [2.24, 2.45) is 11.8 Å². The molecule has 3 aliphatic heterocycles. The molecule has 0 aromatic carbocycles. The number of aromatic nitrogens is 2. The molecule has 8 heteroatoms. The van der Waals surface area contributed by atoms with Crippen LogP contribution in [0.3, 0.4) is 0 Å². The van der Waals surface area contributed by atoms with Crippen molar-refractivity contribution in [3.63, 3.8) is 0 Å². The third-order valence-electron chi connectivity index (χ3n) is 7.12. The lowest BCUT2D eigenvalue weighted by Crippen LogP contribution is -2.54. The molecule has 2 aromatic rings. The van der Waals surface area contributed by atoms with E-state index in [-0.39, 0.29) is 30.5 Å². The van der Waals surface area contributed by atoms with Crippen LogP contribution in [-0.2, 0) is 11.2 Å². The van der Waals surface area contributed by atoms with Crippen LogP contribution >= 0.6 is 0 Å². The summed E-state index contributed by atoms with van der Waals surface area (Å²) in [5, 5.41) is 10.2. The first-order valence-corrected chi connectivity index (χ1v) is 11.1. The predicted molar refractivity (Wildman–Crippen MR) is 114 cm³/mol. The number of morpholine rings is 1. The fourth-order valence-corrected chi connectivity index (χ4v) is 5.73. The molecule has 0 saturated carbocycles. The second kappa shape index (κ2) is 7.31. The van der Waals surface area contributed by atoms with Crippen molar-refractivity contribution in [2.75, 3.05) is 37.7 Å². The fourth-order valence-electron chi connectivity index (χ4n) is 5.73. The maximum atomic E-state index is 13.3. The SMILES string of the molecule is CCc1cc(N2C[C@H]3O[C@@]4(CN(C(=O)c5cc(C)oc5C)C[C@@H]4[C@@H]3CO)C2)nc(C)n1. The van der Waals surface area contributed by atoms with E-state index in [2.05, 4.69) is 21.8 Å². The molecule has 3 fully saturated rings. The number of hydrogen-bond donors (Lipinski definition) is 1. The number of carbonyl (C=O) groups is 1. The summed E-state index contributed by atoms with van der Waals surface area (Å²) in [7, 11) is 0. The van der Waals surface area contributed by atoms with Crippen molar-refractivity contribution in [1.82, 2.24) is 14.9 Å². The van der Waals surface area contributed by atoms with Crippen molar-refractivity contribution < 1.29 is 19.1 Å². The van der Waals surface area contributed by atoms with Crippen LogP contribution in [0.25, 0.3) is 0 Å². The Morgan fingerprint density at radius 1 is 1.23 bits per heavy atom. The summed E-state index contributed by atoms with van der Waals surface area (Å²) >= 11 is 0. The quantitative estimate of drug-likeness (QED) is 0.798. The summed E-state index contributed by atoms with van der Waals surface area (Å²) in [6.45, 7) is 10.2. The van der Waals surface area contributed by atoms with Gasteiger partial charge in [-0.1, -0.05) is 6.92 Å². The number of hydrogen-bond acceptors (Lipinski definition) is 7. The highest BCUT2D eigenvalue weighted by molar-refractivity contribution is 5.95. The van der Waals surface area contributed by atoms with E-state index in [1.165, 1.54) is 0 Å². The number of aryl methyl sites for hydroxylation is 4. The second-order valence-corrected chi connectivity index (χ2v) is 9.19. The molecule has 1 spiro atoms. The van der Waals surface area contributed by atoms with E-state index in [0.29, 0.717) is 37.5 Å². The first kappa shape index (κ1) is 20.5. The number of likely N-dealkylation sites (tertiary alicyclic amines) is 1. The minimum Gasteiger partial charge on any atom is -0.466 e. The minimum absolute atomic E-state index is 0.00330. The molecule has 166 valence electrons. The number of furan rings is 1. The van der Waals surface area contributed by atoms with Gasteiger partial charge in [-0.15, -0.1) is 0 Å². The molecule has 0 unspecified atom stereocenters. The fraction of sp³-hybridized carbons (Fsp3) is 0.609. The van der Waals surface area contributed by atoms with Gasteiger partial charge in [0.25, 0.3) is 5.91 Å². The zero-order valence-corrected chi connectivity index (χ0v) is 18.6. The zero-order valence-electron chi connectivity index (χ0n) is 18.6. The Morgan fingerprint density at radius 3 is 2.71 bits per heavy atom. The highest BCUT2D eigenvalue weighted by Gasteiger charge is 2.63. The van der Waals surface area contributed by atoms with Crippen LogP contribution in [0.5, 0.6) is 0 Å². The van der Waals surface area contributed by atoms with E-state index in [1.54, 1.807) is 6.07 Å². The second-order valence-electron chi connectivity index (χ2n) is 9.19. The smallest absolute Gasteiger partial charge is 0.257 e. The molecule has 8 nitrogen and oxygen atoms in total. The molecule has 2 bridgehead atoms. The van der Waals surface area contributed by atoms with Gasteiger partial charge in [-0.2, -0.15) is 0 Å². The zero-order chi connectivity index (χ0) is 21.9. The summed E-state index contributed by atoms with van der Waals surface area (Å²) in [5.74, 6) is 3.11. The van der Waals surface area contributed by atoms with Crippen molar-refractivity contribution >= 4 is 11.7 Å². The highest BCUT2D eigenvalue weighted by Crippen LogP contribution is 2.49. The van der Waals surface area contributed by atoms with E-state index < -0.39 is 5.60 Å². The third kappa shape index (κ3) is 3.24. The van der Waals surface area contributed by atoms with Crippen molar-refractivity contribution in [2.45, 2.75) is 45.8 Å². The molecule has 0 radical (unpaired) electrons. The van der Waals surface area contributed by atoms with Crippen LogP contribution < -0.4 is 4.90 Å². The van der Waals surface area contributed by atoms with Gasteiger partial charge in [0.1, 0.15) is 28.8 Å². The van der Waals surface area contributed by atoms with Crippen LogP contribution in [0.15, 0.2) is 16.5 Å². The number of aliphatic hydroxyl groups is 1. The third-order valence-corrected chi connectivity index (χ3v) is 7.12. The lowest BCUT2D eigenvalue weighted by molar-refractivity contribution is -0.0627. The molecular weight excluding hydrogens is 396 g/mol. The van der Waals surface area contributed by atoms with Gasteiger partial charge in [0.05, 0.1) is 24.8 Å². The molecule has 31 heavy (non-hydrogen) atoms. The normalized spacial score (nSPS) is 29.5. The molecule has 4 atom stereocenters. The summed E-state index contributed by atoms with van der Waals surface area (Å²) in [6.07, 6.45) is 0.780. The van der Waals surface area contributed by atoms with Gasteiger partial charge in [-0.05, 0) is 33.3 Å². The average molecular weight is 427 g/mol. The van der Waals surface area contributed by atoms with E-state index in [9.17, 15) is 9.90 Å². The molecule has 3 aliphatic rings. The average Bonchev–Trinajstić information content (AvgIpc) is 3.32. The van der Waals surface area contributed by atoms with Crippen LogP contribution in [-0.4, -0.2) is 70.4 Å². The predicted octanol–water partition coefficient (Wildman–Crippen LogP) is 1.90. The van der Waals surface area contributed by atoms with Gasteiger partial charge in [-0.25, -0.2) is 9.97 Å². The Balaban J connectivity index is 1.45. The standard InChI is InChI=1S/C23H30N4O4/c1-5-16-7-21(25-15(4)24-16)26-9-20-18(10-28)19-8-27(12-23(19,11-26)31-20)22(29)17-6-13(2)30-14(17)3/h6-7,18-20,28H,5,8-12H2,1-4H3/t18-,19+,20+,23+/m0/s1. The minimum atomic E-state index is -0.496. The van der Waals surface area contributed by atoms with E-state index in [0.717, 1.165) is 29.5 Å². The first-order valence-electron chi connectivity index (χ1n) is 11.1. The maximum absolute atomic E-state index is 13.3. The number of aliphatic hydroxyl groups excluding tert-OH is 1. The summed E-state index contributed by atoms with van der Waals surface area (Å²) in [4.78, 5) is 26.6. The van der Waals surface area contributed by atoms with E-state index >= 15 is 0 Å². The van der Waals surface area contributed by atoms with Gasteiger partial charge < -0.3 is 24.1 Å². The molecule has 1 N–H and O–H groups in total. The monoisotopic (exact) mass is 426 g/mol. The maximum Gasteiger partial charge on any atom is 0.257 e. The number of ether oxygens (including phenoxy) is 1. The van der Waals surface area contributed by atoms with Gasteiger partial charge in [0, 0.05) is 43.3 Å². The molecular formula is C23H30N4O4. The molecule has 0 aliphatic carbocycles. The topological polar surface area (TPSA) is 91.9 Å². The summed E-state index contributed by atoms with van der Waals surface area (Å²) in [6, 6.07) is 3.85. The number of fused-ring (bicyclic) bond motifs is 1. The Labute approximate surface area is 182 Å². The lowest BCUT2D eigenvalue weighted by atomic mass is 9.83. The molecule has 5 rings (SSSR count). The first-order chi connectivity index (χ1) is 14.8. The number of rotatable bonds is 4. The van der Waals surface area contributed by atoms with Gasteiger partial charge in [-0.3, -0.25) is 4.79 Å². The molecule has 3 saturated heterocycles. The van der Waals surface area contributed by atoms with Crippen LogP contribution in [0.2, 0.25) is 0 Å². The van der Waals surface area contributed by atoms with E-state index in [4.69, 9.17) is 9.15 Å². The number of anilines is 1. The number of nitrogens with zero attached hydrogens (tertiary/aromatic N) is 4. The molecule has 2 aromatic heterocycles. The molecule has 5 heterocycles. The van der Waals surface area contributed by atoms with Crippen molar-refractivity contribution in [3.8, 4) is 0 Å². The Bertz CT molecular complexity index is 1020. The number of carbonyl (C=O) groups excluding carboxylic acids is 1. The van der Waals surface area contributed by atoms with Gasteiger partial charge in [0.15, 0.2) is 0 Å². The summed E-state index contributed by atoms with van der Waals surface area (Å²) < 4.78 is 12.1. The van der Waals surface area contributed by atoms with Crippen LogP contribution in [0, 0.1) is 32.6 Å². The molecule has 1 amide bonds. The van der Waals surface area contributed by atoms with Crippen molar-refractivity contribution in [3.05, 3.63) is 40.7 Å². The van der Waals surface area contributed by atoms with Gasteiger partial charge in [0.2, 0.25) is 0 Å². The lowest BCUT2D eigenvalue weighted by Gasteiger charge is -2.41. The van der Waals surface area contributed by atoms with Gasteiger partial charge >= 0.3 is 0 Å². The van der Waals surface area contributed by atoms with Crippen molar-refractivity contribution in [1.29, 1.82) is 0 Å². The Hall–Kier alpha value is -2.45.